The van der Waals surface area contributed by atoms with Crippen LogP contribution in [0.2, 0.25) is 0 Å². The molecular weight excluding hydrogens is 574 g/mol. The van der Waals surface area contributed by atoms with Gasteiger partial charge in [0.1, 0.15) is 22.6 Å². The van der Waals surface area contributed by atoms with Crippen LogP contribution in [0.4, 0.5) is 9.59 Å². The quantitative estimate of drug-likeness (QED) is 0.325. The fourth-order valence-electron chi connectivity index (χ4n) is 4.59. The lowest BCUT2D eigenvalue weighted by atomic mass is 9.95. The number of rotatable bonds is 6. The van der Waals surface area contributed by atoms with Gasteiger partial charge in [0.25, 0.3) is 0 Å². The maximum Gasteiger partial charge on any atom is 0.425 e. The second-order valence-electron chi connectivity index (χ2n) is 12.0. The molecule has 1 unspecified atom stereocenters. The van der Waals surface area contributed by atoms with Crippen molar-refractivity contribution in [1.82, 2.24) is 19.9 Å². The van der Waals surface area contributed by atoms with E-state index in [0.29, 0.717) is 34.6 Å². The first kappa shape index (κ1) is 31.8. The Morgan fingerprint density at radius 3 is 2.14 bits per heavy atom. The number of carboxylic acids is 1. The van der Waals surface area contributed by atoms with Crippen molar-refractivity contribution in [1.29, 1.82) is 0 Å². The van der Waals surface area contributed by atoms with Gasteiger partial charge in [0.05, 0.1) is 25.3 Å². The van der Waals surface area contributed by atoms with Gasteiger partial charge in [-0.15, -0.1) is 0 Å². The fraction of sp³-hybridized carbons (Fsp3) is 0.467. The first-order chi connectivity index (χ1) is 20.1. The summed E-state index contributed by atoms with van der Waals surface area (Å²) < 4.78 is 21.0. The van der Waals surface area contributed by atoms with E-state index in [9.17, 15) is 19.5 Å². The molecule has 3 aliphatic rings. The second-order valence-corrected chi connectivity index (χ2v) is 12.8. The molecule has 12 nitrogen and oxygen atoms in total. The number of nitrogens with zero attached hydrogens (tertiary/aromatic N) is 5. The van der Waals surface area contributed by atoms with Gasteiger partial charge in [0.15, 0.2) is 5.84 Å². The van der Waals surface area contributed by atoms with Crippen molar-refractivity contribution in [3.63, 3.8) is 0 Å². The Kier molecular flexibility index (Phi) is 9.05. The number of carboxylic acid groups (broad SMARTS) is 1. The second kappa shape index (κ2) is 12.2. The van der Waals surface area contributed by atoms with Gasteiger partial charge in [0, 0.05) is 11.3 Å². The molecule has 1 aliphatic carbocycles. The number of aromatic nitrogens is 3. The number of ether oxygens (including phenoxy) is 3. The summed E-state index contributed by atoms with van der Waals surface area (Å²) in [5.41, 5.74) is 1.44. The van der Waals surface area contributed by atoms with E-state index in [0.717, 1.165) is 22.4 Å². The molecule has 1 aromatic rings. The number of amides is 2. The zero-order valence-electron chi connectivity index (χ0n) is 25.6. The van der Waals surface area contributed by atoms with Crippen LogP contribution in [0.3, 0.4) is 0 Å². The first-order valence-corrected chi connectivity index (χ1v) is 14.8. The maximum absolute atomic E-state index is 13.6. The minimum absolute atomic E-state index is 0.0938. The summed E-state index contributed by atoms with van der Waals surface area (Å²) in [6, 6.07) is 9.12. The molecule has 4 rings (SSSR count). The summed E-state index contributed by atoms with van der Waals surface area (Å²) in [6.45, 7) is 12.2. The van der Waals surface area contributed by atoms with E-state index < -0.39 is 35.3 Å². The molecule has 0 saturated heterocycles. The highest BCUT2D eigenvalue weighted by atomic mass is 32.2. The van der Waals surface area contributed by atoms with Crippen molar-refractivity contribution < 1.29 is 33.7 Å². The molecule has 2 heterocycles. The zero-order chi connectivity index (χ0) is 31.7. The third-order valence-electron chi connectivity index (χ3n) is 6.37. The van der Waals surface area contributed by atoms with Gasteiger partial charge in [-0.2, -0.15) is 24.3 Å². The van der Waals surface area contributed by atoms with Crippen molar-refractivity contribution >= 4 is 35.9 Å². The predicted molar refractivity (Wildman–Crippen MR) is 162 cm³/mol. The van der Waals surface area contributed by atoms with Gasteiger partial charge in [-0.05, 0) is 94.8 Å². The van der Waals surface area contributed by atoms with E-state index in [1.165, 1.54) is 4.80 Å². The monoisotopic (exact) mass is 611 g/mol. The molecule has 1 aromatic carbocycles. The van der Waals surface area contributed by atoms with Crippen LogP contribution in [-0.2, 0) is 26.6 Å². The molecule has 0 radical (unpaired) electrons. The normalized spacial score (nSPS) is 14.0. The number of amidine groups is 1. The lowest BCUT2D eigenvalue weighted by Gasteiger charge is -2.29. The molecule has 2 aliphatic heterocycles. The van der Waals surface area contributed by atoms with E-state index in [4.69, 9.17) is 24.4 Å². The van der Waals surface area contributed by atoms with Gasteiger partial charge in [-0.1, -0.05) is 19.1 Å². The summed E-state index contributed by atoms with van der Waals surface area (Å²) in [6.07, 6.45) is -1.61. The standard InChI is InChI=1S/C30H37N5O7S/c1-9-19(26(36)37)20-14-22-23-21(20)16-43-33-25(35(27(38)41-29(2,3)4)28(39)42-30(5,6)7)24(23)32-34(31-22)15-17-10-12-18(40-8)13-11-17/h10-14,19H,9,15-16H2,1-8H3,(H,36,37). The van der Waals surface area contributed by atoms with Crippen molar-refractivity contribution in [3.05, 3.63) is 52.7 Å². The van der Waals surface area contributed by atoms with Crippen LogP contribution in [0.5, 0.6) is 5.75 Å². The lowest BCUT2D eigenvalue weighted by Crippen LogP contribution is -2.47. The van der Waals surface area contributed by atoms with E-state index in [-0.39, 0.29) is 23.8 Å². The number of hydrogen-bond donors (Lipinski definition) is 1. The van der Waals surface area contributed by atoms with Crippen LogP contribution in [0.1, 0.15) is 83.2 Å². The van der Waals surface area contributed by atoms with Crippen LogP contribution in [0.15, 0.2) is 34.7 Å². The van der Waals surface area contributed by atoms with Crippen molar-refractivity contribution in [2.75, 3.05) is 7.11 Å². The number of benzene rings is 1. The van der Waals surface area contributed by atoms with Crippen molar-refractivity contribution in [2.24, 2.45) is 4.40 Å². The van der Waals surface area contributed by atoms with Crippen LogP contribution in [0, 0.1) is 0 Å². The van der Waals surface area contributed by atoms with Crippen molar-refractivity contribution in [3.8, 4) is 17.0 Å². The SMILES string of the molecule is CCC(C(=O)O)c1cc2nn(Cc3ccc(OC)cc3)nc3c-2c1CSN=C3N(C(=O)OC(C)(C)C)C(=O)OC(C)(C)C. The van der Waals surface area contributed by atoms with Crippen LogP contribution in [-0.4, -0.2) is 67.3 Å². The minimum atomic E-state index is -0.984. The van der Waals surface area contributed by atoms with Crippen LogP contribution in [0.25, 0.3) is 11.3 Å². The minimum Gasteiger partial charge on any atom is -0.497 e. The molecule has 0 aromatic heterocycles. The van der Waals surface area contributed by atoms with Gasteiger partial charge in [0.2, 0.25) is 0 Å². The Morgan fingerprint density at radius 2 is 1.63 bits per heavy atom. The Bertz CT molecular complexity index is 1490. The molecule has 0 bridgehead atoms. The fourth-order valence-corrected chi connectivity index (χ4v) is 5.38. The number of hydrogen-bond acceptors (Lipinski definition) is 10. The highest BCUT2D eigenvalue weighted by Crippen LogP contribution is 2.42. The summed E-state index contributed by atoms with van der Waals surface area (Å²) in [5.74, 6) is -0.875. The average molecular weight is 612 g/mol. The molecule has 13 heteroatoms. The number of imide groups is 1. The highest BCUT2D eigenvalue weighted by Gasteiger charge is 2.41. The summed E-state index contributed by atoms with van der Waals surface area (Å²) in [4.78, 5) is 41.6. The van der Waals surface area contributed by atoms with E-state index in [1.807, 2.05) is 24.3 Å². The Morgan fingerprint density at radius 1 is 1.02 bits per heavy atom. The van der Waals surface area contributed by atoms with Crippen LogP contribution < -0.4 is 4.74 Å². The van der Waals surface area contributed by atoms with Crippen LogP contribution >= 0.6 is 11.9 Å². The molecule has 2 amide bonds. The van der Waals surface area contributed by atoms with Crippen molar-refractivity contribution in [2.45, 2.75) is 84.3 Å². The topological polar surface area (TPSA) is 145 Å². The Hall–Kier alpha value is -4.13. The van der Waals surface area contributed by atoms with Gasteiger partial charge >= 0.3 is 18.2 Å². The first-order valence-electron chi connectivity index (χ1n) is 13.8. The number of carbonyl (C=O) groups excluding carboxylic acids is 2. The smallest absolute Gasteiger partial charge is 0.425 e. The summed E-state index contributed by atoms with van der Waals surface area (Å²) in [7, 11) is 1.58. The van der Waals surface area contributed by atoms with Gasteiger partial charge in [-0.25, -0.2) is 9.59 Å². The van der Waals surface area contributed by atoms with E-state index in [2.05, 4.69) is 4.40 Å². The maximum atomic E-state index is 13.6. The molecule has 0 saturated carbocycles. The largest absolute Gasteiger partial charge is 0.497 e. The molecule has 0 spiro atoms. The lowest BCUT2D eigenvalue weighted by molar-refractivity contribution is -0.138. The third kappa shape index (κ3) is 7.27. The van der Waals surface area contributed by atoms with E-state index in [1.54, 1.807) is 61.6 Å². The molecule has 230 valence electrons. The van der Waals surface area contributed by atoms with E-state index >= 15 is 0 Å². The number of aliphatic carboxylic acids is 1. The average Bonchev–Trinajstić information content (AvgIpc) is 3.12. The Balaban J connectivity index is 1.94. The molecule has 0 fully saturated rings. The molecule has 1 atom stereocenters. The third-order valence-corrected chi connectivity index (χ3v) is 7.09. The van der Waals surface area contributed by atoms with Gasteiger partial charge < -0.3 is 19.3 Å². The zero-order valence-corrected chi connectivity index (χ0v) is 26.4. The van der Waals surface area contributed by atoms with Gasteiger partial charge in [-0.3, -0.25) is 4.79 Å². The Labute approximate surface area is 254 Å². The molecule has 1 N–H and O–H groups in total. The summed E-state index contributed by atoms with van der Waals surface area (Å²) in [5, 5.41) is 19.5. The highest BCUT2D eigenvalue weighted by molar-refractivity contribution is 7.97. The molecule has 43 heavy (non-hydrogen) atoms. The summed E-state index contributed by atoms with van der Waals surface area (Å²) >= 11 is 1.07. The number of carbonyl (C=O) groups is 3. The number of methoxy groups -OCH3 is 1. The molecular formula is C30H37N5O7S. The predicted octanol–water partition coefficient (Wildman–Crippen LogP) is 6.10.